The number of ether oxygens (including phenoxy) is 1. The molecule has 15 heavy (non-hydrogen) atoms. The van der Waals surface area contributed by atoms with Gasteiger partial charge in [-0.25, -0.2) is 4.39 Å². The maximum Gasteiger partial charge on any atom is 0.136 e. The fraction of sp³-hybridized carbons (Fsp3) is 0.455. The molecule has 0 bridgehead atoms. The number of hydrogen-bond donors (Lipinski definition) is 1. The summed E-state index contributed by atoms with van der Waals surface area (Å²) in [5.41, 5.74) is 0. The van der Waals surface area contributed by atoms with Crippen molar-refractivity contribution >= 4 is 11.8 Å². The molecule has 2 nitrogen and oxygen atoms in total. The van der Waals surface area contributed by atoms with Gasteiger partial charge in [0.1, 0.15) is 5.82 Å². The Morgan fingerprint density at radius 3 is 2.87 bits per heavy atom. The fourth-order valence-electron chi connectivity index (χ4n) is 1.09. The van der Waals surface area contributed by atoms with Crippen LogP contribution in [0.15, 0.2) is 29.2 Å². The van der Waals surface area contributed by atoms with Gasteiger partial charge >= 0.3 is 0 Å². The summed E-state index contributed by atoms with van der Waals surface area (Å²) in [4.78, 5) is 0.714. The summed E-state index contributed by atoms with van der Waals surface area (Å²) < 4.78 is 18.1. The third kappa shape index (κ3) is 5.16. The van der Waals surface area contributed by atoms with Gasteiger partial charge in [-0.1, -0.05) is 12.1 Å². The topological polar surface area (TPSA) is 21.3 Å². The molecule has 0 aliphatic carbocycles. The van der Waals surface area contributed by atoms with Crippen molar-refractivity contribution < 1.29 is 9.13 Å². The van der Waals surface area contributed by atoms with Gasteiger partial charge in [-0.15, -0.1) is 11.8 Å². The second-order valence-electron chi connectivity index (χ2n) is 3.02. The van der Waals surface area contributed by atoms with Gasteiger partial charge in [-0.05, 0) is 12.1 Å². The number of rotatable bonds is 7. The predicted molar refractivity (Wildman–Crippen MR) is 61.9 cm³/mol. The lowest BCUT2D eigenvalue weighted by atomic mass is 10.3. The third-order valence-electron chi connectivity index (χ3n) is 1.86. The number of benzene rings is 1. The third-order valence-corrected chi connectivity index (χ3v) is 2.91. The van der Waals surface area contributed by atoms with E-state index in [2.05, 4.69) is 5.32 Å². The van der Waals surface area contributed by atoms with Crippen LogP contribution in [-0.4, -0.2) is 32.6 Å². The molecule has 0 aliphatic rings. The van der Waals surface area contributed by atoms with Crippen LogP contribution < -0.4 is 5.32 Å². The summed E-state index contributed by atoms with van der Waals surface area (Å²) in [6.45, 7) is 2.42. The van der Waals surface area contributed by atoms with Crippen molar-refractivity contribution in [1.29, 1.82) is 0 Å². The Hall–Kier alpha value is -0.580. The molecule has 0 atom stereocenters. The monoisotopic (exact) mass is 229 g/mol. The van der Waals surface area contributed by atoms with Crippen LogP contribution in [0.1, 0.15) is 0 Å². The van der Waals surface area contributed by atoms with Crippen LogP contribution in [0.5, 0.6) is 0 Å². The van der Waals surface area contributed by atoms with Crippen LogP contribution in [0.3, 0.4) is 0 Å². The number of methoxy groups -OCH3 is 1. The normalized spacial score (nSPS) is 10.5. The zero-order valence-corrected chi connectivity index (χ0v) is 9.65. The molecular formula is C11H16FNOS. The van der Waals surface area contributed by atoms with E-state index in [4.69, 9.17) is 4.74 Å². The second kappa shape index (κ2) is 7.68. The summed E-state index contributed by atoms with van der Waals surface area (Å²) in [6.07, 6.45) is 0. The smallest absolute Gasteiger partial charge is 0.136 e. The molecule has 0 heterocycles. The predicted octanol–water partition coefficient (Wildman–Crippen LogP) is 2.15. The molecule has 0 fully saturated rings. The molecule has 0 radical (unpaired) electrons. The lowest BCUT2D eigenvalue weighted by molar-refractivity contribution is 0.200. The quantitative estimate of drug-likeness (QED) is 0.572. The van der Waals surface area contributed by atoms with Crippen molar-refractivity contribution in [2.45, 2.75) is 4.90 Å². The van der Waals surface area contributed by atoms with Gasteiger partial charge < -0.3 is 10.1 Å². The molecular weight excluding hydrogens is 213 g/mol. The fourth-order valence-corrected chi connectivity index (χ4v) is 1.94. The Labute approximate surface area is 94.2 Å². The highest BCUT2D eigenvalue weighted by atomic mass is 32.2. The molecule has 0 saturated carbocycles. The summed E-state index contributed by atoms with van der Waals surface area (Å²) in [5, 5.41) is 3.21. The summed E-state index contributed by atoms with van der Waals surface area (Å²) in [6, 6.07) is 6.84. The van der Waals surface area contributed by atoms with Gasteiger partial charge in [0.25, 0.3) is 0 Å². The van der Waals surface area contributed by atoms with E-state index in [0.29, 0.717) is 11.5 Å². The molecule has 4 heteroatoms. The molecule has 0 saturated heterocycles. The molecule has 1 rings (SSSR count). The van der Waals surface area contributed by atoms with Crippen LogP contribution >= 0.6 is 11.8 Å². The standard InChI is InChI=1S/C11H16FNOS/c1-14-8-6-13-7-9-15-11-5-3-2-4-10(11)12/h2-5,13H,6-9H2,1H3. The van der Waals surface area contributed by atoms with Gasteiger partial charge in [0.15, 0.2) is 0 Å². The minimum atomic E-state index is -0.139. The molecule has 0 spiro atoms. The number of hydrogen-bond acceptors (Lipinski definition) is 3. The van der Waals surface area contributed by atoms with Crippen LogP contribution in [0.4, 0.5) is 4.39 Å². The van der Waals surface area contributed by atoms with Crippen molar-refractivity contribution in [3.8, 4) is 0 Å². The van der Waals surface area contributed by atoms with E-state index in [0.717, 1.165) is 18.8 Å². The van der Waals surface area contributed by atoms with Gasteiger partial charge in [0, 0.05) is 30.8 Å². The Morgan fingerprint density at radius 2 is 2.13 bits per heavy atom. The van der Waals surface area contributed by atoms with Gasteiger partial charge in [0.2, 0.25) is 0 Å². The van der Waals surface area contributed by atoms with Crippen molar-refractivity contribution in [3.63, 3.8) is 0 Å². The summed E-state index contributed by atoms with van der Waals surface area (Å²) in [7, 11) is 1.68. The highest BCUT2D eigenvalue weighted by Gasteiger charge is 1.99. The van der Waals surface area contributed by atoms with Crippen molar-refractivity contribution in [3.05, 3.63) is 30.1 Å². The Bertz CT molecular complexity index is 283. The first-order valence-electron chi connectivity index (χ1n) is 4.91. The molecule has 1 N–H and O–H groups in total. The Morgan fingerprint density at radius 1 is 1.33 bits per heavy atom. The Balaban J connectivity index is 2.12. The van der Waals surface area contributed by atoms with Gasteiger partial charge in [0.05, 0.1) is 6.61 Å². The van der Waals surface area contributed by atoms with Crippen molar-refractivity contribution in [2.75, 3.05) is 32.6 Å². The number of nitrogens with one attached hydrogen (secondary N) is 1. The first-order valence-corrected chi connectivity index (χ1v) is 5.90. The van der Waals surface area contributed by atoms with Gasteiger partial charge in [-0.2, -0.15) is 0 Å². The molecule has 1 aromatic carbocycles. The van der Waals surface area contributed by atoms with E-state index in [1.54, 1.807) is 19.2 Å². The molecule has 1 aromatic rings. The van der Waals surface area contributed by atoms with Crippen LogP contribution in [0.25, 0.3) is 0 Å². The summed E-state index contributed by atoms with van der Waals surface area (Å²) >= 11 is 1.53. The van der Waals surface area contributed by atoms with Crippen molar-refractivity contribution in [1.82, 2.24) is 5.32 Å². The van der Waals surface area contributed by atoms with E-state index in [-0.39, 0.29) is 5.82 Å². The average Bonchev–Trinajstić information content (AvgIpc) is 2.25. The zero-order chi connectivity index (χ0) is 10.9. The maximum atomic E-state index is 13.2. The molecule has 0 unspecified atom stereocenters. The lowest BCUT2D eigenvalue weighted by Gasteiger charge is -2.04. The zero-order valence-electron chi connectivity index (χ0n) is 8.83. The maximum absolute atomic E-state index is 13.2. The van der Waals surface area contributed by atoms with E-state index in [1.807, 2.05) is 6.07 Å². The molecule has 0 amide bonds. The summed E-state index contributed by atoms with van der Waals surface area (Å²) in [5.74, 6) is 0.726. The number of halogens is 1. The molecule has 84 valence electrons. The highest BCUT2D eigenvalue weighted by molar-refractivity contribution is 7.99. The Kier molecular flexibility index (Phi) is 6.39. The first-order chi connectivity index (χ1) is 7.34. The van der Waals surface area contributed by atoms with E-state index >= 15 is 0 Å². The van der Waals surface area contributed by atoms with Gasteiger partial charge in [-0.3, -0.25) is 0 Å². The van der Waals surface area contributed by atoms with Crippen LogP contribution in [0.2, 0.25) is 0 Å². The van der Waals surface area contributed by atoms with E-state index in [1.165, 1.54) is 17.8 Å². The minimum absolute atomic E-state index is 0.139. The van der Waals surface area contributed by atoms with E-state index in [9.17, 15) is 4.39 Å². The van der Waals surface area contributed by atoms with Crippen LogP contribution in [-0.2, 0) is 4.74 Å². The van der Waals surface area contributed by atoms with E-state index < -0.39 is 0 Å². The first kappa shape index (κ1) is 12.5. The molecule has 0 aliphatic heterocycles. The van der Waals surface area contributed by atoms with Crippen LogP contribution in [0, 0.1) is 5.82 Å². The largest absolute Gasteiger partial charge is 0.383 e. The lowest BCUT2D eigenvalue weighted by Crippen LogP contribution is -2.21. The number of thioether (sulfide) groups is 1. The van der Waals surface area contributed by atoms with Crippen molar-refractivity contribution in [2.24, 2.45) is 0 Å². The highest BCUT2D eigenvalue weighted by Crippen LogP contribution is 2.20. The SMILES string of the molecule is COCCNCCSc1ccccc1F. The second-order valence-corrected chi connectivity index (χ2v) is 4.16. The molecule has 0 aromatic heterocycles. The minimum Gasteiger partial charge on any atom is -0.383 e. The average molecular weight is 229 g/mol.